The van der Waals surface area contributed by atoms with Gasteiger partial charge in [-0.15, -0.1) is 0 Å². The molecule has 0 aliphatic carbocycles. The van der Waals surface area contributed by atoms with E-state index in [0.29, 0.717) is 17.4 Å². The minimum atomic E-state index is -0.0872. The Bertz CT molecular complexity index is 944. The fraction of sp³-hybridized carbons (Fsp3) is 0.158. The highest BCUT2D eigenvalue weighted by molar-refractivity contribution is 6.35. The number of halogens is 1. The number of hydrogen-bond acceptors (Lipinski definition) is 3. The van der Waals surface area contributed by atoms with E-state index in [0.717, 1.165) is 22.0 Å². The molecule has 0 spiro atoms. The van der Waals surface area contributed by atoms with E-state index in [-0.39, 0.29) is 5.91 Å². The highest BCUT2D eigenvalue weighted by Gasteiger charge is 2.13. The lowest BCUT2D eigenvalue weighted by atomic mass is 10.1. The molecule has 0 saturated heterocycles. The third-order valence-electron chi connectivity index (χ3n) is 4.05. The molecule has 128 valence electrons. The Morgan fingerprint density at radius 2 is 2.16 bits per heavy atom. The first-order chi connectivity index (χ1) is 12.0. The number of nitrogens with two attached hydrogens (primary N) is 1. The van der Waals surface area contributed by atoms with E-state index in [1.807, 2.05) is 42.1 Å². The van der Waals surface area contributed by atoms with E-state index in [1.165, 1.54) is 6.08 Å². The lowest BCUT2D eigenvalue weighted by Crippen LogP contribution is -2.24. The van der Waals surface area contributed by atoms with Crippen LogP contribution < -0.4 is 5.73 Å². The predicted octanol–water partition coefficient (Wildman–Crippen LogP) is 3.48. The van der Waals surface area contributed by atoms with Crippen LogP contribution in [-0.4, -0.2) is 27.4 Å². The van der Waals surface area contributed by atoms with Gasteiger partial charge in [0.05, 0.1) is 10.5 Å². The molecule has 2 heterocycles. The molecule has 0 saturated carbocycles. The van der Waals surface area contributed by atoms with Crippen molar-refractivity contribution < 1.29 is 4.79 Å². The fourth-order valence-corrected chi connectivity index (χ4v) is 3.08. The number of carbonyl (C=O) groups is 1. The first-order valence-corrected chi connectivity index (χ1v) is 8.20. The average molecular weight is 355 g/mol. The molecule has 0 bridgehead atoms. The number of nitrogens with zero attached hydrogens (tertiary/aromatic N) is 3. The van der Waals surface area contributed by atoms with Crippen molar-refractivity contribution in [1.29, 1.82) is 0 Å². The smallest absolute Gasteiger partial charge is 0.246 e. The molecule has 1 aromatic carbocycles. The van der Waals surface area contributed by atoms with E-state index in [9.17, 15) is 4.79 Å². The van der Waals surface area contributed by atoms with Gasteiger partial charge in [-0.3, -0.25) is 4.79 Å². The van der Waals surface area contributed by atoms with Crippen molar-refractivity contribution in [2.75, 3.05) is 12.8 Å². The van der Waals surface area contributed by atoms with Gasteiger partial charge in [-0.1, -0.05) is 23.7 Å². The van der Waals surface area contributed by atoms with Gasteiger partial charge in [-0.05, 0) is 35.4 Å². The van der Waals surface area contributed by atoms with Crippen LogP contribution in [0.3, 0.4) is 0 Å². The molecular formula is C19H19ClN4O. The van der Waals surface area contributed by atoms with Gasteiger partial charge >= 0.3 is 0 Å². The van der Waals surface area contributed by atoms with Gasteiger partial charge < -0.3 is 15.2 Å². The molecule has 0 atom stereocenters. The molecule has 6 heteroatoms. The zero-order valence-electron chi connectivity index (χ0n) is 14.1. The normalized spacial score (nSPS) is 11.3. The number of pyridine rings is 1. The highest BCUT2D eigenvalue weighted by atomic mass is 35.5. The second-order valence-electron chi connectivity index (χ2n) is 5.95. The number of fused-ring (bicyclic) bond motifs is 1. The molecule has 0 radical (unpaired) electrons. The van der Waals surface area contributed by atoms with Crippen LogP contribution >= 0.6 is 11.6 Å². The fourth-order valence-electron chi connectivity index (χ4n) is 2.77. The average Bonchev–Trinajstić information content (AvgIpc) is 2.91. The van der Waals surface area contributed by atoms with Gasteiger partial charge in [0.1, 0.15) is 5.82 Å². The van der Waals surface area contributed by atoms with Gasteiger partial charge in [0.15, 0.2) is 0 Å². The van der Waals surface area contributed by atoms with Crippen LogP contribution in [0.25, 0.3) is 17.0 Å². The molecule has 1 amide bonds. The Labute approximate surface area is 151 Å². The maximum atomic E-state index is 12.4. The van der Waals surface area contributed by atoms with Crippen LogP contribution in [0.2, 0.25) is 5.02 Å². The minimum Gasteiger partial charge on any atom is -0.384 e. The Kier molecular flexibility index (Phi) is 4.76. The third-order valence-corrected chi connectivity index (χ3v) is 4.35. The number of hydrogen-bond donors (Lipinski definition) is 1. The second kappa shape index (κ2) is 6.99. The summed E-state index contributed by atoms with van der Waals surface area (Å²) < 4.78 is 1.99. The standard InChI is InChI=1S/C19H19ClN4O/c1-23(18(25)9-7-13-6-8-17(21)22-10-13)11-14-12-24(2)19-15(14)4-3-5-16(19)20/h3-10,12H,11H2,1-2H3,(H2,21,22). The number of aromatic nitrogens is 2. The molecule has 3 rings (SSSR count). The first-order valence-electron chi connectivity index (χ1n) is 7.83. The number of nitrogen functional groups attached to an aromatic ring is 1. The van der Waals surface area contributed by atoms with Crippen LogP contribution in [0.5, 0.6) is 0 Å². The Morgan fingerprint density at radius 1 is 1.36 bits per heavy atom. The molecule has 2 aromatic heterocycles. The summed E-state index contributed by atoms with van der Waals surface area (Å²) in [6.45, 7) is 0.501. The van der Waals surface area contributed by atoms with Gasteiger partial charge in [0, 0.05) is 44.5 Å². The quantitative estimate of drug-likeness (QED) is 0.729. The van der Waals surface area contributed by atoms with Crippen LogP contribution in [0.15, 0.2) is 48.8 Å². The molecule has 3 aromatic rings. The molecular weight excluding hydrogens is 336 g/mol. The van der Waals surface area contributed by atoms with E-state index < -0.39 is 0 Å². The minimum absolute atomic E-state index is 0.0872. The zero-order chi connectivity index (χ0) is 18.0. The lowest BCUT2D eigenvalue weighted by molar-refractivity contribution is -0.125. The monoisotopic (exact) mass is 354 g/mol. The Hall–Kier alpha value is -2.79. The number of benzene rings is 1. The van der Waals surface area contributed by atoms with Crippen molar-refractivity contribution >= 4 is 40.3 Å². The highest BCUT2D eigenvalue weighted by Crippen LogP contribution is 2.28. The van der Waals surface area contributed by atoms with Crippen molar-refractivity contribution in [1.82, 2.24) is 14.5 Å². The van der Waals surface area contributed by atoms with E-state index in [2.05, 4.69) is 4.98 Å². The Morgan fingerprint density at radius 3 is 2.88 bits per heavy atom. The van der Waals surface area contributed by atoms with E-state index in [1.54, 1.807) is 30.3 Å². The Balaban J connectivity index is 1.76. The number of anilines is 1. The summed E-state index contributed by atoms with van der Waals surface area (Å²) in [4.78, 5) is 18.0. The summed E-state index contributed by atoms with van der Waals surface area (Å²) >= 11 is 6.28. The third kappa shape index (κ3) is 3.67. The van der Waals surface area contributed by atoms with Crippen LogP contribution in [0, 0.1) is 0 Å². The van der Waals surface area contributed by atoms with Crippen molar-refractivity contribution in [2.24, 2.45) is 7.05 Å². The topological polar surface area (TPSA) is 64.2 Å². The summed E-state index contributed by atoms with van der Waals surface area (Å²) in [5.41, 5.74) is 8.41. The van der Waals surface area contributed by atoms with Crippen LogP contribution in [0.4, 0.5) is 5.82 Å². The molecule has 0 fully saturated rings. The maximum Gasteiger partial charge on any atom is 0.246 e. The summed E-state index contributed by atoms with van der Waals surface area (Å²) in [6, 6.07) is 9.33. The van der Waals surface area contributed by atoms with Crippen LogP contribution in [0.1, 0.15) is 11.1 Å². The molecule has 0 unspecified atom stereocenters. The number of para-hydroxylation sites is 1. The molecule has 0 aliphatic rings. The zero-order valence-corrected chi connectivity index (χ0v) is 14.9. The maximum absolute atomic E-state index is 12.4. The van der Waals surface area contributed by atoms with Crippen LogP contribution in [-0.2, 0) is 18.4 Å². The largest absolute Gasteiger partial charge is 0.384 e. The number of aryl methyl sites for hydroxylation is 1. The molecule has 2 N–H and O–H groups in total. The van der Waals surface area contributed by atoms with Crippen molar-refractivity contribution in [3.63, 3.8) is 0 Å². The number of rotatable bonds is 4. The van der Waals surface area contributed by atoms with Gasteiger partial charge in [-0.25, -0.2) is 4.98 Å². The summed E-state index contributed by atoms with van der Waals surface area (Å²) in [7, 11) is 3.73. The number of amides is 1. The molecule has 0 aliphatic heterocycles. The number of carbonyl (C=O) groups excluding carboxylic acids is 1. The van der Waals surface area contributed by atoms with Gasteiger partial charge in [0.2, 0.25) is 5.91 Å². The SMILES string of the molecule is CN(Cc1cn(C)c2c(Cl)cccc12)C(=O)C=Cc1ccc(N)nc1. The van der Waals surface area contributed by atoms with Crippen molar-refractivity contribution in [3.8, 4) is 0 Å². The van der Waals surface area contributed by atoms with Gasteiger partial charge in [0.25, 0.3) is 0 Å². The van der Waals surface area contributed by atoms with Crippen molar-refractivity contribution in [2.45, 2.75) is 6.54 Å². The second-order valence-corrected chi connectivity index (χ2v) is 6.35. The summed E-state index contributed by atoms with van der Waals surface area (Å²) in [6.07, 6.45) is 6.90. The molecule has 5 nitrogen and oxygen atoms in total. The predicted molar refractivity (Wildman–Crippen MR) is 102 cm³/mol. The summed E-state index contributed by atoms with van der Waals surface area (Å²) in [5, 5.41) is 1.76. The number of likely N-dealkylation sites (N-methyl/N-ethyl adjacent to an activating group) is 1. The first kappa shape index (κ1) is 17.0. The molecule has 25 heavy (non-hydrogen) atoms. The van der Waals surface area contributed by atoms with Gasteiger partial charge in [-0.2, -0.15) is 0 Å². The van der Waals surface area contributed by atoms with E-state index >= 15 is 0 Å². The summed E-state index contributed by atoms with van der Waals surface area (Å²) in [5.74, 6) is 0.367. The van der Waals surface area contributed by atoms with E-state index in [4.69, 9.17) is 17.3 Å². The van der Waals surface area contributed by atoms with Crippen molar-refractivity contribution in [3.05, 3.63) is 65.0 Å². The lowest BCUT2D eigenvalue weighted by Gasteiger charge is -2.14.